The van der Waals surface area contributed by atoms with Crippen LogP contribution in [0.25, 0.3) is 33.9 Å². The molecule has 0 spiro atoms. The standard InChI is InChI=1S/C30H28Cl2N10O4/c1-40-8-10-41(11-9-40)27(46)14-22(35-25(44)7-3-17-12-19(31)4-6-23(17)42-16-33-38-39-42)30-36-28(29(32)37-30)18-2-5-21-20(13-18)24(43)15-26(45)34-21/h2-7,12-13,15-16,22H,8-11,14H2,1H3,(H,35,44)(H,36,37)(H2,34,43,45). The molecule has 2 amide bonds. The number of nitrogens with one attached hydrogen (secondary N) is 3. The second-order valence-corrected chi connectivity index (χ2v) is 11.6. The summed E-state index contributed by atoms with van der Waals surface area (Å²) < 4.78 is 1.45. The number of aromatic nitrogens is 7. The van der Waals surface area contributed by atoms with Crippen LogP contribution >= 0.6 is 23.2 Å². The van der Waals surface area contributed by atoms with Crippen molar-refractivity contribution in [2.75, 3.05) is 33.2 Å². The number of piperazine rings is 1. The number of carbonyl (C=O) groups is 2. The number of likely N-dealkylation sites (N-methyl/N-ethyl adjacent to an activating group) is 1. The van der Waals surface area contributed by atoms with Crippen molar-refractivity contribution in [3.05, 3.63) is 86.8 Å². The van der Waals surface area contributed by atoms with E-state index >= 15 is 0 Å². The minimum atomic E-state index is -0.862. The lowest BCUT2D eigenvalue weighted by Gasteiger charge is -2.33. The molecule has 0 bridgehead atoms. The van der Waals surface area contributed by atoms with Crippen molar-refractivity contribution < 1.29 is 14.7 Å². The Hall–Kier alpha value is -5.05. The highest BCUT2D eigenvalue weighted by Crippen LogP contribution is 2.32. The summed E-state index contributed by atoms with van der Waals surface area (Å²) in [5, 5.41) is 25.5. The number of tetrazole rings is 1. The van der Waals surface area contributed by atoms with Crippen LogP contribution < -0.4 is 10.9 Å². The summed E-state index contributed by atoms with van der Waals surface area (Å²) in [6.45, 7) is 2.62. The molecule has 0 aliphatic carbocycles. The van der Waals surface area contributed by atoms with Crippen LogP contribution in [0.2, 0.25) is 10.2 Å². The van der Waals surface area contributed by atoms with E-state index in [1.807, 2.05) is 7.05 Å². The zero-order chi connectivity index (χ0) is 32.4. The fourth-order valence-corrected chi connectivity index (χ4v) is 5.64. The molecule has 1 fully saturated rings. The van der Waals surface area contributed by atoms with Gasteiger partial charge in [-0.15, -0.1) is 5.10 Å². The molecular weight excluding hydrogens is 635 g/mol. The van der Waals surface area contributed by atoms with Crippen molar-refractivity contribution in [3.63, 3.8) is 0 Å². The summed E-state index contributed by atoms with van der Waals surface area (Å²) in [4.78, 5) is 52.8. The number of halogens is 2. The van der Waals surface area contributed by atoms with E-state index in [4.69, 9.17) is 23.2 Å². The fourth-order valence-electron chi connectivity index (χ4n) is 5.21. The molecule has 1 unspecified atom stereocenters. The van der Waals surface area contributed by atoms with E-state index in [1.165, 1.54) is 17.1 Å². The number of rotatable bonds is 8. The van der Waals surface area contributed by atoms with Gasteiger partial charge in [-0.3, -0.25) is 14.4 Å². The first kappa shape index (κ1) is 31.0. The van der Waals surface area contributed by atoms with Gasteiger partial charge in [0, 0.05) is 59.9 Å². The van der Waals surface area contributed by atoms with Crippen LogP contribution in [0.3, 0.4) is 0 Å². The Morgan fingerprint density at radius 1 is 1.09 bits per heavy atom. The van der Waals surface area contributed by atoms with Gasteiger partial charge >= 0.3 is 0 Å². The average Bonchev–Trinajstić information content (AvgIpc) is 3.70. The Bertz CT molecular complexity index is 2000. The van der Waals surface area contributed by atoms with Crippen LogP contribution in [0.4, 0.5) is 0 Å². The molecule has 0 radical (unpaired) electrons. The second-order valence-electron chi connectivity index (χ2n) is 10.8. The third-order valence-electron chi connectivity index (χ3n) is 7.65. The molecule has 0 saturated carbocycles. The number of carbonyl (C=O) groups excluding carboxylic acids is 2. The molecule has 6 rings (SSSR count). The number of amides is 2. The van der Waals surface area contributed by atoms with Crippen molar-refractivity contribution in [3.8, 4) is 22.7 Å². The topological polar surface area (TPSA) is 178 Å². The minimum Gasteiger partial charge on any atom is -0.507 e. The number of aromatic hydroxyl groups is 1. The monoisotopic (exact) mass is 662 g/mol. The van der Waals surface area contributed by atoms with E-state index < -0.39 is 17.5 Å². The zero-order valence-electron chi connectivity index (χ0n) is 24.4. The van der Waals surface area contributed by atoms with E-state index in [-0.39, 0.29) is 29.1 Å². The van der Waals surface area contributed by atoms with Gasteiger partial charge < -0.3 is 30.2 Å². The zero-order valence-corrected chi connectivity index (χ0v) is 26.0. The quantitative estimate of drug-likeness (QED) is 0.182. The highest BCUT2D eigenvalue weighted by Gasteiger charge is 2.27. The van der Waals surface area contributed by atoms with Crippen LogP contribution in [0.15, 0.2) is 59.7 Å². The minimum absolute atomic E-state index is 0.0701. The number of benzene rings is 2. The van der Waals surface area contributed by atoms with Crippen molar-refractivity contribution in [2.45, 2.75) is 12.5 Å². The summed E-state index contributed by atoms with van der Waals surface area (Å²) in [5.74, 6) is -0.559. The molecule has 4 heterocycles. The first-order valence-corrected chi connectivity index (χ1v) is 15.0. The number of hydrogen-bond acceptors (Lipinski definition) is 9. The van der Waals surface area contributed by atoms with Crippen molar-refractivity contribution >= 4 is 52.0 Å². The van der Waals surface area contributed by atoms with Crippen LogP contribution in [0, 0.1) is 0 Å². The number of imidazole rings is 1. The summed E-state index contributed by atoms with van der Waals surface area (Å²) in [7, 11) is 2.00. The Kier molecular flexibility index (Phi) is 8.83. The number of nitrogens with zero attached hydrogens (tertiary/aromatic N) is 7. The van der Waals surface area contributed by atoms with Gasteiger partial charge in [-0.1, -0.05) is 29.3 Å². The third-order valence-corrected chi connectivity index (χ3v) is 8.16. The van der Waals surface area contributed by atoms with Crippen LogP contribution in [0.5, 0.6) is 5.75 Å². The van der Waals surface area contributed by atoms with Crippen LogP contribution in [-0.4, -0.2) is 95.1 Å². The van der Waals surface area contributed by atoms with Gasteiger partial charge in [0.1, 0.15) is 28.7 Å². The Balaban J connectivity index is 1.29. The van der Waals surface area contributed by atoms with E-state index in [0.717, 1.165) is 19.2 Å². The van der Waals surface area contributed by atoms with E-state index in [1.54, 1.807) is 47.4 Å². The normalized spacial score (nSPS) is 14.6. The molecule has 4 N–H and O–H groups in total. The SMILES string of the molecule is CN1CCN(C(=O)CC(NC(=O)C=Cc2cc(Cl)ccc2-n2cnnn2)c2nc(-c3ccc4[nH]c(=O)cc(O)c4c3)c(Cl)[nH]2)CC1. The van der Waals surface area contributed by atoms with Gasteiger partial charge in [-0.25, -0.2) is 4.98 Å². The maximum Gasteiger partial charge on any atom is 0.252 e. The average molecular weight is 664 g/mol. The fraction of sp³-hybridized carbons (Fsp3) is 0.233. The van der Waals surface area contributed by atoms with E-state index in [2.05, 4.69) is 40.7 Å². The first-order chi connectivity index (χ1) is 22.1. The Morgan fingerprint density at radius 2 is 1.89 bits per heavy atom. The molecule has 16 heteroatoms. The second kappa shape index (κ2) is 13.1. The molecule has 5 aromatic rings. The predicted octanol–water partition coefficient (Wildman–Crippen LogP) is 2.94. The van der Waals surface area contributed by atoms with Gasteiger partial charge in [0.2, 0.25) is 11.8 Å². The number of H-pyrrole nitrogens is 2. The summed E-state index contributed by atoms with van der Waals surface area (Å²) in [6.07, 6.45) is 4.25. The van der Waals surface area contributed by atoms with Gasteiger partial charge in [0.05, 0.1) is 23.7 Å². The molecule has 14 nitrogen and oxygen atoms in total. The summed E-state index contributed by atoms with van der Waals surface area (Å²) in [6, 6.07) is 10.3. The van der Waals surface area contributed by atoms with Crippen molar-refractivity contribution in [2.24, 2.45) is 0 Å². The Labute approximate surface area is 271 Å². The van der Waals surface area contributed by atoms with Crippen molar-refractivity contribution in [1.82, 2.24) is 50.3 Å². The largest absolute Gasteiger partial charge is 0.507 e. The lowest BCUT2D eigenvalue weighted by atomic mass is 10.1. The molecular formula is C30H28Cl2N10O4. The number of pyridine rings is 1. The van der Waals surface area contributed by atoms with Crippen molar-refractivity contribution in [1.29, 1.82) is 0 Å². The first-order valence-electron chi connectivity index (χ1n) is 14.2. The molecule has 1 atom stereocenters. The lowest BCUT2D eigenvalue weighted by Crippen LogP contribution is -2.48. The lowest BCUT2D eigenvalue weighted by molar-refractivity contribution is -0.133. The molecule has 1 aliphatic heterocycles. The molecule has 46 heavy (non-hydrogen) atoms. The predicted molar refractivity (Wildman–Crippen MR) is 172 cm³/mol. The molecule has 1 saturated heterocycles. The van der Waals surface area contributed by atoms with Gasteiger partial charge in [0.15, 0.2) is 0 Å². The van der Waals surface area contributed by atoms with Gasteiger partial charge in [-0.2, -0.15) is 4.68 Å². The summed E-state index contributed by atoms with van der Waals surface area (Å²) in [5.41, 5.74) is 2.10. The maximum atomic E-state index is 13.4. The van der Waals surface area contributed by atoms with E-state index in [0.29, 0.717) is 51.5 Å². The van der Waals surface area contributed by atoms with E-state index in [9.17, 15) is 19.5 Å². The highest BCUT2D eigenvalue weighted by molar-refractivity contribution is 6.32. The number of fused-ring (bicyclic) bond motifs is 1. The molecule has 3 aromatic heterocycles. The number of aromatic amines is 2. The maximum absolute atomic E-state index is 13.4. The highest BCUT2D eigenvalue weighted by atomic mass is 35.5. The van der Waals surface area contributed by atoms with Gasteiger partial charge in [0.25, 0.3) is 5.56 Å². The van der Waals surface area contributed by atoms with Crippen LogP contribution in [0.1, 0.15) is 23.9 Å². The molecule has 236 valence electrons. The molecule has 1 aliphatic rings. The van der Waals surface area contributed by atoms with Gasteiger partial charge in [-0.05, 0) is 53.9 Å². The number of hydrogen-bond donors (Lipinski definition) is 4. The smallest absolute Gasteiger partial charge is 0.252 e. The summed E-state index contributed by atoms with van der Waals surface area (Å²) >= 11 is 12.8. The third kappa shape index (κ3) is 6.78. The Morgan fingerprint density at radius 3 is 2.65 bits per heavy atom. The van der Waals surface area contributed by atoms with Crippen LogP contribution in [-0.2, 0) is 9.59 Å². The molecule has 2 aromatic carbocycles.